The van der Waals surface area contributed by atoms with E-state index in [0.717, 1.165) is 74.5 Å². The molecule has 83 heavy (non-hydrogen) atoms. The topological polar surface area (TPSA) is 204 Å². The van der Waals surface area contributed by atoms with Crippen LogP contribution in [0.4, 0.5) is 33.1 Å². The lowest BCUT2D eigenvalue weighted by Crippen LogP contribution is -2.47. The van der Waals surface area contributed by atoms with Crippen molar-refractivity contribution in [2.75, 3.05) is 113 Å². The summed E-state index contributed by atoms with van der Waals surface area (Å²) in [6, 6.07) is 13.1. The molecule has 2 aromatic carbocycles. The van der Waals surface area contributed by atoms with Crippen LogP contribution in [0.15, 0.2) is 41.9 Å². The van der Waals surface area contributed by atoms with Gasteiger partial charge >= 0.3 is 12.2 Å². The van der Waals surface area contributed by atoms with Crippen molar-refractivity contribution < 1.29 is 38.0 Å². The fourth-order valence-corrected chi connectivity index (χ4v) is 12.0. The second kappa shape index (κ2) is 27.2. The summed E-state index contributed by atoms with van der Waals surface area (Å²) < 4.78 is 36.7. The Bertz CT molecular complexity index is 3160. The van der Waals surface area contributed by atoms with Gasteiger partial charge in [0.1, 0.15) is 37.0 Å². The fourth-order valence-electron chi connectivity index (χ4n) is 9.72. The summed E-state index contributed by atoms with van der Waals surface area (Å²) in [7, 11) is 3.25. The SMILES string of the molecule is CC(C)(C)c1ccc2scnc2c1.COc1nc(N2CCOCC2)nc(N[C@@H]2CCCN(C(=O)OC(C)(C)C)C2)c1-c1nc2cc(C(C)(C)C)ccc2s1.COc1nc(N2CCOCC2)nc(N[C@@H]2CCCN(C(=O)OC(C)(C)C)C2)c1I. The molecule has 10 rings (SSSR count). The first-order valence-electron chi connectivity index (χ1n) is 28.7. The number of hydrogen-bond acceptors (Lipinski definition) is 20. The number of carbonyl (C=O) groups is 2. The van der Waals surface area contributed by atoms with Crippen LogP contribution < -0.4 is 29.9 Å². The molecule has 0 aliphatic carbocycles. The highest BCUT2D eigenvalue weighted by atomic mass is 127. The molecule has 2 amide bonds. The molecule has 4 saturated heterocycles. The van der Waals surface area contributed by atoms with E-state index in [9.17, 15) is 9.59 Å². The Morgan fingerprint density at radius 1 is 0.602 bits per heavy atom. The number of nitrogens with zero attached hydrogens (tertiary/aromatic N) is 10. The average molecular weight is 1290 g/mol. The number of morpholine rings is 2. The first kappa shape index (κ1) is 63.4. The zero-order chi connectivity index (χ0) is 59.9. The molecule has 0 spiro atoms. The Hall–Kier alpha value is -5.63. The van der Waals surface area contributed by atoms with Crippen molar-refractivity contribution in [3.8, 4) is 22.3 Å². The number of aromatic nitrogens is 6. The van der Waals surface area contributed by atoms with Gasteiger partial charge < -0.3 is 58.7 Å². The summed E-state index contributed by atoms with van der Waals surface area (Å²) in [5.41, 5.74) is 6.48. The number of carbonyl (C=O) groups excluding carboxylic acids is 2. The van der Waals surface area contributed by atoms with Gasteiger partial charge in [-0.05, 0) is 136 Å². The van der Waals surface area contributed by atoms with Gasteiger partial charge in [0.25, 0.3) is 0 Å². The summed E-state index contributed by atoms with van der Waals surface area (Å²) in [4.78, 5) is 61.6. The Kier molecular flexibility index (Phi) is 20.7. The van der Waals surface area contributed by atoms with E-state index in [1.165, 1.54) is 15.8 Å². The minimum absolute atomic E-state index is 0.0194. The predicted octanol–water partition coefficient (Wildman–Crippen LogP) is 12.0. The van der Waals surface area contributed by atoms with E-state index in [1.807, 2.05) is 47.1 Å². The minimum Gasteiger partial charge on any atom is -0.480 e. The fraction of sp³-hybridized carbons (Fsp3) is 0.600. The number of hydrogen-bond donors (Lipinski definition) is 2. The van der Waals surface area contributed by atoms with Crippen molar-refractivity contribution in [3.63, 3.8) is 0 Å². The van der Waals surface area contributed by atoms with Gasteiger partial charge in [0, 0.05) is 64.4 Å². The molecule has 4 aromatic heterocycles. The smallest absolute Gasteiger partial charge is 0.410 e. The van der Waals surface area contributed by atoms with Gasteiger partial charge in [-0.1, -0.05) is 53.7 Å². The van der Waals surface area contributed by atoms with Gasteiger partial charge in [0.15, 0.2) is 0 Å². The number of methoxy groups -OCH3 is 2. The van der Waals surface area contributed by atoms with Crippen LogP contribution in [-0.4, -0.2) is 168 Å². The van der Waals surface area contributed by atoms with Crippen LogP contribution in [0.3, 0.4) is 0 Å². The van der Waals surface area contributed by atoms with Crippen molar-refractivity contribution in [1.82, 2.24) is 39.7 Å². The molecule has 2 N–H and O–H groups in total. The molecule has 8 heterocycles. The number of fused-ring (bicyclic) bond motifs is 2. The van der Waals surface area contributed by atoms with E-state index in [-0.39, 0.29) is 35.1 Å². The Morgan fingerprint density at radius 2 is 1.07 bits per heavy atom. The minimum atomic E-state index is -0.544. The number of nitrogens with one attached hydrogen (secondary N) is 2. The zero-order valence-corrected chi connectivity index (χ0v) is 54.7. The largest absolute Gasteiger partial charge is 0.480 e. The number of rotatable bonds is 9. The maximum absolute atomic E-state index is 12.9. The Labute approximate surface area is 511 Å². The molecule has 0 bridgehead atoms. The average Bonchev–Trinajstić information content (AvgIpc) is 4.27. The number of likely N-dealkylation sites (tertiary alicyclic amines) is 2. The van der Waals surface area contributed by atoms with E-state index in [2.05, 4.69) is 131 Å². The molecule has 4 aliphatic rings. The van der Waals surface area contributed by atoms with Crippen molar-refractivity contribution in [1.29, 1.82) is 0 Å². The van der Waals surface area contributed by atoms with Crippen LogP contribution >= 0.6 is 45.3 Å². The second-order valence-electron chi connectivity index (χ2n) is 25.2. The van der Waals surface area contributed by atoms with Crippen LogP contribution in [0.1, 0.15) is 120 Å². The van der Waals surface area contributed by atoms with Crippen LogP contribution in [0.5, 0.6) is 11.8 Å². The molecule has 4 fully saturated rings. The highest BCUT2D eigenvalue weighted by Crippen LogP contribution is 2.42. The monoisotopic (exact) mass is 1290 g/mol. The van der Waals surface area contributed by atoms with Crippen LogP contribution in [-0.2, 0) is 29.8 Å². The number of halogens is 1. The number of anilines is 4. The summed E-state index contributed by atoms with van der Waals surface area (Å²) in [5, 5.41) is 7.95. The molecule has 2 atom stereocenters. The van der Waals surface area contributed by atoms with E-state index >= 15 is 0 Å². The third kappa shape index (κ3) is 17.3. The Balaban J connectivity index is 0.000000185. The first-order valence-corrected chi connectivity index (χ1v) is 31.5. The molecular weight excluding hydrogens is 1210 g/mol. The lowest BCUT2D eigenvalue weighted by molar-refractivity contribution is 0.0196. The van der Waals surface area contributed by atoms with Gasteiger partial charge in [-0.15, -0.1) is 22.7 Å². The molecule has 0 unspecified atom stereocenters. The number of ether oxygens (including phenoxy) is 6. The summed E-state index contributed by atoms with van der Waals surface area (Å²) in [5.74, 6) is 3.63. The van der Waals surface area contributed by atoms with Crippen molar-refractivity contribution in [2.24, 2.45) is 0 Å². The molecule has 6 aromatic rings. The molecular formula is C60H85IN12O8S2. The maximum Gasteiger partial charge on any atom is 0.410 e. The molecule has 0 saturated carbocycles. The third-order valence-corrected chi connectivity index (χ3v) is 17.0. The highest BCUT2D eigenvalue weighted by Gasteiger charge is 2.33. The first-order chi connectivity index (χ1) is 39.2. The van der Waals surface area contributed by atoms with Gasteiger partial charge in [0.05, 0.1) is 66.6 Å². The standard InChI is InChI=1S/C30H42N6O4S.C19H30IN5O4.C11H13NS/c1-29(2,3)19-10-11-22-21(17-19)32-26(41-22)23-24(33-27(34-25(23)38-7)35-13-15-39-16-14-35)31-20-9-8-12-36(18-20)28(37)40-30(4,5)6;1-19(2,3)29-18(26)25-7-5-6-13(12-25)21-15-14(20)16(27-4)23-17(22-15)24-8-10-28-11-9-24;1-11(2,3)8-4-5-10-9(6-8)12-7-13-10/h10-11,17,20H,8-9,12-16,18H2,1-7H3,(H,31,33,34);13H,5-12H2,1-4H3,(H,21,22,23);4-7H,1-3H3/t20-;13-;/m11./s1. The second-order valence-corrected chi connectivity index (χ2v) is 28.2. The van der Waals surface area contributed by atoms with Gasteiger partial charge in [-0.3, -0.25) is 0 Å². The summed E-state index contributed by atoms with van der Waals surface area (Å²) in [6.45, 7) is 32.5. The predicted molar refractivity (Wildman–Crippen MR) is 340 cm³/mol. The molecule has 4 aliphatic heterocycles. The number of thiazole rings is 2. The summed E-state index contributed by atoms with van der Waals surface area (Å²) in [6.07, 6.45) is 3.06. The van der Waals surface area contributed by atoms with Gasteiger partial charge in [-0.2, -0.15) is 19.9 Å². The van der Waals surface area contributed by atoms with Crippen molar-refractivity contribution in [3.05, 3.63) is 56.6 Å². The Morgan fingerprint density at radius 3 is 1.57 bits per heavy atom. The normalized spacial score (nSPS) is 18.2. The van der Waals surface area contributed by atoms with E-state index < -0.39 is 11.2 Å². The van der Waals surface area contributed by atoms with E-state index in [4.69, 9.17) is 48.4 Å². The molecule has 0 radical (unpaired) electrons. The maximum atomic E-state index is 12.9. The number of benzene rings is 2. The third-order valence-electron chi connectivity index (χ3n) is 14.1. The molecule has 23 heteroatoms. The van der Waals surface area contributed by atoms with Crippen molar-refractivity contribution in [2.45, 2.75) is 143 Å². The lowest BCUT2D eigenvalue weighted by atomic mass is 9.87. The highest BCUT2D eigenvalue weighted by molar-refractivity contribution is 14.1. The van der Waals surface area contributed by atoms with Crippen LogP contribution in [0.2, 0.25) is 0 Å². The molecule has 20 nitrogen and oxygen atoms in total. The zero-order valence-electron chi connectivity index (χ0n) is 50.9. The van der Waals surface area contributed by atoms with E-state index in [1.54, 1.807) is 46.7 Å². The van der Waals surface area contributed by atoms with Gasteiger partial charge in [-0.25, -0.2) is 19.6 Å². The van der Waals surface area contributed by atoms with Crippen LogP contribution in [0, 0.1) is 3.57 Å². The van der Waals surface area contributed by atoms with Gasteiger partial charge in [0.2, 0.25) is 23.7 Å². The summed E-state index contributed by atoms with van der Waals surface area (Å²) >= 11 is 5.50. The van der Waals surface area contributed by atoms with Crippen molar-refractivity contribution >= 4 is 101 Å². The number of piperidine rings is 2. The van der Waals surface area contributed by atoms with Crippen LogP contribution in [0.25, 0.3) is 31.0 Å². The quantitative estimate of drug-likeness (QED) is 0.129. The van der Waals surface area contributed by atoms with E-state index in [0.29, 0.717) is 95.2 Å². The number of amides is 2. The molecule has 452 valence electrons. The lowest BCUT2D eigenvalue weighted by Gasteiger charge is -2.35.